The number of hydrogen-bond donors (Lipinski definition) is 2. The van der Waals surface area contributed by atoms with E-state index in [0.29, 0.717) is 5.92 Å². The van der Waals surface area contributed by atoms with Crippen LogP contribution in [-0.4, -0.2) is 44.2 Å². The Hall–Kier alpha value is -2.37. The predicted molar refractivity (Wildman–Crippen MR) is 93.5 cm³/mol. The van der Waals surface area contributed by atoms with E-state index in [1.807, 2.05) is 17.0 Å². The normalized spacial score (nSPS) is 20.7. The van der Waals surface area contributed by atoms with Gasteiger partial charge in [0.15, 0.2) is 5.82 Å². The SMILES string of the molecule is CCc1nc(C2CCN(C(=O)C3CCc4cccc(O)c43)CC2)n[nH]1. The molecule has 0 saturated carbocycles. The molecule has 1 fully saturated rings. The summed E-state index contributed by atoms with van der Waals surface area (Å²) in [4.78, 5) is 19.5. The number of nitrogens with one attached hydrogen (secondary N) is 1. The fourth-order valence-corrected chi connectivity index (χ4v) is 4.14. The lowest BCUT2D eigenvalue weighted by Crippen LogP contribution is -2.40. The Morgan fingerprint density at radius 3 is 2.84 bits per heavy atom. The Labute approximate surface area is 147 Å². The molecule has 6 heteroatoms. The van der Waals surface area contributed by atoms with Gasteiger partial charge in [-0.05, 0) is 37.3 Å². The summed E-state index contributed by atoms with van der Waals surface area (Å²) in [6.07, 6.45) is 4.31. The van der Waals surface area contributed by atoms with Gasteiger partial charge in [-0.2, -0.15) is 5.10 Å². The van der Waals surface area contributed by atoms with Crippen LogP contribution in [-0.2, 0) is 17.6 Å². The van der Waals surface area contributed by atoms with E-state index in [9.17, 15) is 9.90 Å². The summed E-state index contributed by atoms with van der Waals surface area (Å²) in [6, 6.07) is 5.56. The molecule has 1 amide bonds. The molecule has 132 valence electrons. The third-order valence-electron chi connectivity index (χ3n) is 5.58. The largest absolute Gasteiger partial charge is 0.508 e. The summed E-state index contributed by atoms with van der Waals surface area (Å²) >= 11 is 0. The summed E-state index contributed by atoms with van der Waals surface area (Å²) in [5, 5.41) is 17.5. The van der Waals surface area contributed by atoms with Crippen LogP contribution in [0.3, 0.4) is 0 Å². The fraction of sp³-hybridized carbons (Fsp3) is 0.526. The van der Waals surface area contributed by atoms with Gasteiger partial charge >= 0.3 is 0 Å². The number of benzene rings is 1. The van der Waals surface area contributed by atoms with Crippen LogP contribution in [0.15, 0.2) is 18.2 Å². The number of hydrogen-bond acceptors (Lipinski definition) is 4. The van der Waals surface area contributed by atoms with E-state index < -0.39 is 0 Å². The van der Waals surface area contributed by atoms with Crippen LogP contribution in [0.25, 0.3) is 0 Å². The average Bonchev–Trinajstić information content (AvgIpc) is 3.29. The molecule has 25 heavy (non-hydrogen) atoms. The quantitative estimate of drug-likeness (QED) is 0.899. The Morgan fingerprint density at radius 1 is 1.32 bits per heavy atom. The third kappa shape index (κ3) is 2.90. The number of carbonyl (C=O) groups is 1. The minimum Gasteiger partial charge on any atom is -0.508 e. The molecule has 0 bridgehead atoms. The summed E-state index contributed by atoms with van der Waals surface area (Å²) < 4.78 is 0. The topological polar surface area (TPSA) is 82.1 Å². The number of rotatable bonds is 3. The maximum atomic E-state index is 13.0. The number of nitrogens with zero attached hydrogens (tertiary/aromatic N) is 3. The van der Waals surface area contributed by atoms with Gasteiger partial charge in [0.1, 0.15) is 11.6 Å². The van der Waals surface area contributed by atoms with Crippen molar-refractivity contribution in [1.82, 2.24) is 20.1 Å². The van der Waals surface area contributed by atoms with Gasteiger partial charge in [0, 0.05) is 31.0 Å². The molecule has 1 aliphatic heterocycles. The molecule has 1 aromatic carbocycles. The summed E-state index contributed by atoms with van der Waals surface area (Å²) in [7, 11) is 0. The van der Waals surface area contributed by atoms with Crippen molar-refractivity contribution < 1.29 is 9.90 Å². The van der Waals surface area contributed by atoms with Gasteiger partial charge in [-0.15, -0.1) is 0 Å². The lowest BCUT2D eigenvalue weighted by molar-refractivity contribution is -0.133. The zero-order chi connectivity index (χ0) is 17.4. The number of H-pyrrole nitrogens is 1. The van der Waals surface area contributed by atoms with E-state index in [4.69, 9.17) is 0 Å². The van der Waals surface area contributed by atoms with Gasteiger partial charge < -0.3 is 10.0 Å². The van der Waals surface area contributed by atoms with Crippen LogP contribution in [0.5, 0.6) is 5.75 Å². The van der Waals surface area contributed by atoms with Gasteiger partial charge in [0.2, 0.25) is 5.91 Å². The molecule has 2 aromatic rings. The van der Waals surface area contributed by atoms with Gasteiger partial charge in [0.05, 0.1) is 5.92 Å². The van der Waals surface area contributed by atoms with Crippen LogP contribution < -0.4 is 0 Å². The highest BCUT2D eigenvalue weighted by Gasteiger charge is 2.35. The number of amides is 1. The number of fused-ring (bicyclic) bond motifs is 1. The number of aryl methyl sites for hydroxylation is 2. The van der Waals surface area contributed by atoms with Crippen LogP contribution in [0.4, 0.5) is 0 Å². The molecule has 4 rings (SSSR count). The third-order valence-corrected chi connectivity index (χ3v) is 5.58. The maximum absolute atomic E-state index is 13.0. The van der Waals surface area contributed by atoms with E-state index >= 15 is 0 Å². The van der Waals surface area contributed by atoms with Gasteiger partial charge in [-0.25, -0.2) is 4.98 Å². The van der Waals surface area contributed by atoms with E-state index in [1.165, 1.54) is 0 Å². The number of piperidine rings is 1. The van der Waals surface area contributed by atoms with Gasteiger partial charge in [0.25, 0.3) is 0 Å². The highest BCUT2D eigenvalue weighted by atomic mass is 16.3. The molecule has 6 nitrogen and oxygen atoms in total. The molecular formula is C19H24N4O2. The van der Waals surface area contributed by atoms with Crippen molar-refractivity contribution in [3.05, 3.63) is 41.0 Å². The standard InChI is InChI=1S/C19H24N4O2/c1-2-16-20-18(22-21-16)13-8-10-23(11-9-13)19(25)14-7-6-12-4-3-5-15(24)17(12)14/h3-5,13-14,24H,2,6-11H2,1H3,(H,20,21,22). The van der Waals surface area contributed by atoms with E-state index in [1.54, 1.807) is 6.07 Å². The van der Waals surface area contributed by atoms with Gasteiger partial charge in [-0.3, -0.25) is 9.89 Å². The first-order valence-corrected chi connectivity index (χ1v) is 9.18. The number of aromatic nitrogens is 3. The Balaban J connectivity index is 1.43. The number of aromatic amines is 1. The molecule has 2 aliphatic rings. The zero-order valence-electron chi connectivity index (χ0n) is 14.5. The van der Waals surface area contributed by atoms with Gasteiger partial charge in [-0.1, -0.05) is 19.1 Å². The number of aromatic hydroxyl groups is 1. The molecule has 1 unspecified atom stereocenters. The molecule has 1 aliphatic carbocycles. The highest BCUT2D eigenvalue weighted by Crippen LogP contribution is 2.40. The Kier molecular flexibility index (Phi) is 4.19. The predicted octanol–water partition coefficient (Wildman–Crippen LogP) is 2.51. The van der Waals surface area contributed by atoms with Crippen molar-refractivity contribution >= 4 is 5.91 Å². The second-order valence-corrected chi connectivity index (χ2v) is 7.03. The second-order valence-electron chi connectivity index (χ2n) is 7.03. The minimum atomic E-state index is -0.192. The molecule has 2 N–H and O–H groups in total. The number of phenols is 1. The van der Waals surface area contributed by atoms with Crippen molar-refractivity contribution in [3.63, 3.8) is 0 Å². The van der Waals surface area contributed by atoms with Crippen molar-refractivity contribution in [2.24, 2.45) is 0 Å². The van der Waals surface area contributed by atoms with E-state index in [0.717, 1.165) is 68.0 Å². The fourth-order valence-electron chi connectivity index (χ4n) is 4.14. The smallest absolute Gasteiger partial charge is 0.230 e. The first-order valence-electron chi connectivity index (χ1n) is 9.18. The van der Waals surface area contributed by atoms with Crippen molar-refractivity contribution in [1.29, 1.82) is 0 Å². The summed E-state index contributed by atoms with van der Waals surface area (Å²) in [5.74, 6) is 2.35. The molecule has 0 spiro atoms. The lowest BCUT2D eigenvalue weighted by atomic mass is 9.93. The molecular weight excluding hydrogens is 316 g/mol. The number of carbonyl (C=O) groups excluding carboxylic acids is 1. The molecule has 0 radical (unpaired) electrons. The first-order chi connectivity index (χ1) is 12.2. The van der Waals surface area contributed by atoms with Crippen molar-refractivity contribution in [3.8, 4) is 5.75 Å². The first kappa shape index (κ1) is 16.1. The monoisotopic (exact) mass is 340 g/mol. The highest BCUT2D eigenvalue weighted by molar-refractivity contribution is 5.86. The maximum Gasteiger partial charge on any atom is 0.230 e. The average molecular weight is 340 g/mol. The van der Waals surface area contributed by atoms with Crippen LogP contribution in [0, 0.1) is 0 Å². The molecule has 1 aromatic heterocycles. The van der Waals surface area contributed by atoms with E-state index in [2.05, 4.69) is 22.1 Å². The second kappa shape index (κ2) is 6.50. The lowest BCUT2D eigenvalue weighted by Gasteiger charge is -2.32. The van der Waals surface area contributed by atoms with E-state index in [-0.39, 0.29) is 17.6 Å². The summed E-state index contributed by atoms with van der Waals surface area (Å²) in [6.45, 7) is 3.53. The van der Waals surface area contributed by atoms with Crippen molar-refractivity contribution in [2.45, 2.75) is 50.9 Å². The molecule has 2 heterocycles. The van der Waals surface area contributed by atoms with Crippen molar-refractivity contribution in [2.75, 3.05) is 13.1 Å². The van der Waals surface area contributed by atoms with Crippen LogP contribution in [0.1, 0.15) is 60.8 Å². The van der Waals surface area contributed by atoms with Crippen LogP contribution in [0.2, 0.25) is 0 Å². The summed E-state index contributed by atoms with van der Waals surface area (Å²) in [5.41, 5.74) is 1.96. The van der Waals surface area contributed by atoms with Crippen LogP contribution >= 0.6 is 0 Å². The number of phenolic OH excluding ortho intramolecular Hbond substituents is 1. The Bertz CT molecular complexity index is 777. The molecule has 1 atom stereocenters. The Morgan fingerprint density at radius 2 is 2.12 bits per heavy atom. The minimum absolute atomic E-state index is 0.155. The molecule has 1 saturated heterocycles. The number of likely N-dealkylation sites (tertiary alicyclic amines) is 1. The zero-order valence-corrected chi connectivity index (χ0v) is 14.5.